The molecule has 0 aromatic heterocycles. The number of rotatable bonds is 9. The fourth-order valence-corrected chi connectivity index (χ4v) is 2.02. The first-order valence-electron chi connectivity index (χ1n) is 6.37. The number of nitrogens with two attached hydrogens (primary N) is 1. The van der Waals surface area contributed by atoms with Crippen LogP contribution in [-0.2, 0) is 14.3 Å². The molecule has 1 saturated carbocycles. The van der Waals surface area contributed by atoms with Gasteiger partial charge in [0.2, 0.25) is 5.91 Å². The maximum absolute atomic E-state index is 12.5. The molecule has 1 aliphatic carbocycles. The molecule has 19 heavy (non-hydrogen) atoms. The van der Waals surface area contributed by atoms with Gasteiger partial charge in [0, 0.05) is 33.9 Å². The Bertz CT molecular complexity index is 329. The van der Waals surface area contributed by atoms with Crippen LogP contribution in [0.3, 0.4) is 0 Å². The van der Waals surface area contributed by atoms with E-state index in [4.69, 9.17) is 20.4 Å². The van der Waals surface area contributed by atoms with Crippen molar-refractivity contribution in [2.75, 3.05) is 40.5 Å². The Kier molecular flexibility index (Phi) is 6.04. The number of ether oxygens (including phenoxy) is 2. The van der Waals surface area contributed by atoms with Crippen LogP contribution < -0.4 is 5.73 Å². The zero-order valence-corrected chi connectivity index (χ0v) is 11.6. The Labute approximate surface area is 113 Å². The van der Waals surface area contributed by atoms with E-state index in [0.29, 0.717) is 39.1 Å². The monoisotopic (exact) mass is 273 g/mol. The summed E-state index contributed by atoms with van der Waals surface area (Å²) in [7, 11) is 3.22. The van der Waals surface area contributed by atoms with E-state index in [9.17, 15) is 4.79 Å². The minimum absolute atomic E-state index is 0.00617. The number of hydrogen-bond donors (Lipinski definition) is 2. The standard InChI is InChI=1S/C12H23N3O4/c1-18-8-3-6-15(7-9-19-2)11(16)12(4-5-12)10(13)14-17/h17H,3-9H2,1-2H3,(H2,13,14). The van der Waals surface area contributed by atoms with Gasteiger partial charge in [-0.1, -0.05) is 5.16 Å². The summed E-state index contributed by atoms with van der Waals surface area (Å²) in [5, 5.41) is 11.8. The second-order valence-electron chi connectivity index (χ2n) is 4.70. The van der Waals surface area contributed by atoms with Gasteiger partial charge in [-0.05, 0) is 19.3 Å². The van der Waals surface area contributed by atoms with Crippen LogP contribution in [-0.4, -0.2) is 62.4 Å². The van der Waals surface area contributed by atoms with Gasteiger partial charge in [-0.3, -0.25) is 4.79 Å². The van der Waals surface area contributed by atoms with Crippen LogP contribution in [0.5, 0.6) is 0 Å². The minimum atomic E-state index is -0.796. The molecule has 0 bridgehead atoms. The molecule has 3 N–H and O–H groups in total. The molecule has 0 aliphatic heterocycles. The third kappa shape index (κ3) is 3.81. The van der Waals surface area contributed by atoms with E-state index in [2.05, 4.69) is 5.16 Å². The van der Waals surface area contributed by atoms with Crippen molar-refractivity contribution in [1.29, 1.82) is 0 Å². The van der Waals surface area contributed by atoms with Gasteiger partial charge in [0.15, 0.2) is 5.84 Å². The predicted molar refractivity (Wildman–Crippen MR) is 70.0 cm³/mol. The van der Waals surface area contributed by atoms with E-state index in [1.807, 2.05) is 0 Å². The van der Waals surface area contributed by atoms with Crippen LogP contribution in [0.2, 0.25) is 0 Å². The summed E-state index contributed by atoms with van der Waals surface area (Å²) < 4.78 is 10.0. The molecule has 0 aromatic rings. The van der Waals surface area contributed by atoms with E-state index >= 15 is 0 Å². The number of oxime groups is 1. The number of carbonyl (C=O) groups excluding carboxylic acids is 1. The third-order valence-corrected chi connectivity index (χ3v) is 3.39. The zero-order valence-electron chi connectivity index (χ0n) is 11.6. The van der Waals surface area contributed by atoms with Crippen molar-refractivity contribution in [3.63, 3.8) is 0 Å². The average molecular weight is 273 g/mol. The van der Waals surface area contributed by atoms with E-state index < -0.39 is 5.41 Å². The molecule has 0 unspecified atom stereocenters. The third-order valence-electron chi connectivity index (χ3n) is 3.39. The predicted octanol–water partition coefficient (Wildman–Crippen LogP) is 0.0245. The SMILES string of the molecule is COCCCN(CCOC)C(=O)C1(C(N)=NO)CC1. The van der Waals surface area contributed by atoms with Crippen LogP contribution in [0, 0.1) is 5.41 Å². The van der Waals surface area contributed by atoms with Gasteiger partial charge in [-0.25, -0.2) is 0 Å². The Balaban J connectivity index is 2.65. The molecular formula is C12H23N3O4. The first kappa shape index (κ1) is 15.7. The van der Waals surface area contributed by atoms with Gasteiger partial charge in [0.05, 0.1) is 6.61 Å². The van der Waals surface area contributed by atoms with Crippen molar-refractivity contribution >= 4 is 11.7 Å². The Hall–Kier alpha value is -1.34. The van der Waals surface area contributed by atoms with E-state index in [0.717, 1.165) is 6.42 Å². The highest BCUT2D eigenvalue weighted by Crippen LogP contribution is 2.47. The van der Waals surface area contributed by atoms with Gasteiger partial charge in [0.1, 0.15) is 5.41 Å². The molecule has 1 fully saturated rings. The smallest absolute Gasteiger partial charge is 0.236 e. The topological polar surface area (TPSA) is 97.4 Å². The van der Waals surface area contributed by atoms with E-state index in [-0.39, 0.29) is 11.7 Å². The van der Waals surface area contributed by atoms with Crippen LogP contribution >= 0.6 is 0 Å². The number of amides is 1. The molecule has 0 spiro atoms. The number of methoxy groups -OCH3 is 2. The lowest BCUT2D eigenvalue weighted by Crippen LogP contribution is -2.45. The van der Waals surface area contributed by atoms with Crippen molar-refractivity contribution < 1.29 is 19.5 Å². The molecule has 7 nitrogen and oxygen atoms in total. The Morgan fingerprint density at radius 1 is 1.32 bits per heavy atom. The second kappa shape index (κ2) is 7.30. The number of nitrogens with zero attached hydrogens (tertiary/aromatic N) is 2. The van der Waals surface area contributed by atoms with Gasteiger partial charge in [0.25, 0.3) is 0 Å². The lowest BCUT2D eigenvalue weighted by atomic mass is 10.0. The largest absolute Gasteiger partial charge is 0.409 e. The maximum atomic E-state index is 12.5. The number of amidine groups is 1. The highest BCUT2D eigenvalue weighted by atomic mass is 16.5. The van der Waals surface area contributed by atoms with Crippen molar-refractivity contribution in [2.24, 2.45) is 16.3 Å². The normalized spacial score (nSPS) is 17.3. The number of carbonyl (C=O) groups is 1. The van der Waals surface area contributed by atoms with Gasteiger partial charge < -0.3 is 25.3 Å². The second-order valence-corrected chi connectivity index (χ2v) is 4.70. The average Bonchev–Trinajstić information content (AvgIpc) is 3.22. The molecule has 7 heteroatoms. The summed E-state index contributed by atoms with van der Waals surface area (Å²) in [4.78, 5) is 14.2. The molecular weight excluding hydrogens is 250 g/mol. The molecule has 0 atom stereocenters. The molecule has 1 amide bonds. The first-order valence-corrected chi connectivity index (χ1v) is 6.37. The fraction of sp³-hybridized carbons (Fsp3) is 0.833. The summed E-state index contributed by atoms with van der Waals surface area (Å²) in [5.41, 5.74) is 4.84. The fourth-order valence-electron chi connectivity index (χ4n) is 2.02. The summed E-state index contributed by atoms with van der Waals surface area (Å²) in [6, 6.07) is 0. The van der Waals surface area contributed by atoms with Crippen LogP contribution in [0.15, 0.2) is 5.16 Å². The summed E-state index contributed by atoms with van der Waals surface area (Å²) >= 11 is 0. The molecule has 0 radical (unpaired) electrons. The van der Waals surface area contributed by atoms with Gasteiger partial charge >= 0.3 is 0 Å². The molecule has 0 saturated heterocycles. The Morgan fingerprint density at radius 3 is 2.42 bits per heavy atom. The highest BCUT2D eigenvalue weighted by molar-refractivity contribution is 6.09. The van der Waals surface area contributed by atoms with Gasteiger partial charge in [-0.2, -0.15) is 0 Å². The molecule has 1 rings (SSSR count). The van der Waals surface area contributed by atoms with Crippen molar-refractivity contribution in [1.82, 2.24) is 4.90 Å². The van der Waals surface area contributed by atoms with Crippen molar-refractivity contribution in [2.45, 2.75) is 19.3 Å². The molecule has 0 heterocycles. The first-order chi connectivity index (χ1) is 9.12. The lowest BCUT2D eigenvalue weighted by molar-refractivity contribution is -0.135. The minimum Gasteiger partial charge on any atom is -0.409 e. The van der Waals surface area contributed by atoms with E-state index in [1.54, 1.807) is 19.1 Å². The van der Waals surface area contributed by atoms with Gasteiger partial charge in [-0.15, -0.1) is 0 Å². The maximum Gasteiger partial charge on any atom is 0.236 e. The quantitative estimate of drug-likeness (QED) is 0.203. The highest BCUT2D eigenvalue weighted by Gasteiger charge is 2.55. The number of hydrogen-bond acceptors (Lipinski definition) is 5. The molecule has 1 aliphatic rings. The molecule has 0 aromatic carbocycles. The summed E-state index contributed by atoms with van der Waals surface area (Å²) in [5.74, 6) is -0.0809. The summed E-state index contributed by atoms with van der Waals surface area (Å²) in [6.07, 6.45) is 2.02. The van der Waals surface area contributed by atoms with Crippen LogP contribution in [0.4, 0.5) is 0 Å². The molecule has 110 valence electrons. The summed E-state index contributed by atoms with van der Waals surface area (Å²) in [6.45, 7) is 2.13. The zero-order chi connectivity index (χ0) is 14.3. The van der Waals surface area contributed by atoms with E-state index in [1.165, 1.54) is 0 Å². The Morgan fingerprint density at radius 2 is 1.95 bits per heavy atom. The van der Waals surface area contributed by atoms with Crippen molar-refractivity contribution in [3.05, 3.63) is 0 Å². The lowest BCUT2D eigenvalue weighted by Gasteiger charge is -2.26. The van der Waals surface area contributed by atoms with Crippen LogP contribution in [0.1, 0.15) is 19.3 Å². The van der Waals surface area contributed by atoms with Crippen LogP contribution in [0.25, 0.3) is 0 Å². The van der Waals surface area contributed by atoms with Crippen molar-refractivity contribution in [3.8, 4) is 0 Å².